The monoisotopic (exact) mass is 395 g/mol. The SMILES string of the molecule is O=C(NC12CCC(C(=O)O)(CC1)CC2)c1nc(-c2ccccc2)n2c1COCC2. The van der Waals surface area contributed by atoms with Crippen molar-refractivity contribution in [2.24, 2.45) is 5.41 Å². The van der Waals surface area contributed by atoms with Crippen molar-refractivity contribution in [2.75, 3.05) is 6.61 Å². The number of ether oxygens (including phenoxy) is 1. The highest BCUT2D eigenvalue weighted by atomic mass is 16.5. The smallest absolute Gasteiger partial charge is 0.309 e. The number of rotatable bonds is 4. The lowest BCUT2D eigenvalue weighted by atomic mass is 9.57. The maximum atomic E-state index is 13.3. The molecule has 6 rings (SSSR count). The summed E-state index contributed by atoms with van der Waals surface area (Å²) in [6.45, 7) is 1.65. The quantitative estimate of drug-likeness (QED) is 0.830. The molecule has 0 saturated heterocycles. The second-order valence-electron chi connectivity index (χ2n) is 8.62. The van der Waals surface area contributed by atoms with Crippen LogP contribution in [0.1, 0.15) is 54.7 Å². The zero-order valence-electron chi connectivity index (χ0n) is 16.3. The molecular weight excluding hydrogens is 370 g/mol. The summed E-state index contributed by atoms with van der Waals surface area (Å²) in [4.78, 5) is 29.7. The molecule has 1 aromatic carbocycles. The van der Waals surface area contributed by atoms with E-state index >= 15 is 0 Å². The predicted molar refractivity (Wildman–Crippen MR) is 105 cm³/mol. The topological polar surface area (TPSA) is 93.5 Å². The molecule has 3 saturated carbocycles. The molecular formula is C22H25N3O4. The van der Waals surface area contributed by atoms with E-state index in [1.165, 1.54) is 0 Å². The minimum absolute atomic E-state index is 0.175. The molecule has 4 aliphatic rings. The number of nitrogens with one attached hydrogen (secondary N) is 1. The number of carbonyl (C=O) groups excluding carboxylic acids is 1. The lowest BCUT2D eigenvalue weighted by Gasteiger charge is -2.51. The van der Waals surface area contributed by atoms with E-state index in [0.29, 0.717) is 64.0 Å². The van der Waals surface area contributed by atoms with Gasteiger partial charge in [-0.3, -0.25) is 9.59 Å². The summed E-state index contributed by atoms with van der Waals surface area (Å²) in [6.07, 6.45) is 4.02. The molecule has 2 N–H and O–H groups in total. The summed E-state index contributed by atoms with van der Waals surface area (Å²) in [5.41, 5.74) is 1.32. The third-order valence-corrected chi connectivity index (χ3v) is 7.10. The van der Waals surface area contributed by atoms with Crippen molar-refractivity contribution < 1.29 is 19.4 Å². The highest BCUT2D eigenvalue weighted by molar-refractivity contribution is 5.95. The van der Waals surface area contributed by atoms with Gasteiger partial charge in [-0.25, -0.2) is 4.98 Å². The zero-order chi connectivity index (χ0) is 20.1. The molecule has 3 fully saturated rings. The molecule has 3 aliphatic carbocycles. The first kappa shape index (κ1) is 18.4. The average molecular weight is 395 g/mol. The van der Waals surface area contributed by atoms with Gasteiger partial charge in [-0.05, 0) is 38.5 Å². The zero-order valence-corrected chi connectivity index (χ0v) is 16.3. The lowest BCUT2D eigenvalue weighted by molar-refractivity contribution is -0.156. The second-order valence-corrected chi connectivity index (χ2v) is 8.62. The molecule has 0 radical (unpaired) electrons. The van der Waals surface area contributed by atoms with E-state index in [1.54, 1.807) is 0 Å². The van der Waals surface area contributed by atoms with Gasteiger partial charge < -0.3 is 19.7 Å². The van der Waals surface area contributed by atoms with Gasteiger partial charge in [0, 0.05) is 17.6 Å². The number of fused-ring (bicyclic) bond motifs is 4. The predicted octanol–water partition coefficient (Wildman–Crippen LogP) is 2.99. The number of benzene rings is 1. The van der Waals surface area contributed by atoms with Crippen molar-refractivity contribution in [1.29, 1.82) is 0 Å². The number of aliphatic carboxylic acids is 1. The van der Waals surface area contributed by atoms with Crippen molar-refractivity contribution in [3.8, 4) is 11.4 Å². The number of amides is 1. The van der Waals surface area contributed by atoms with Gasteiger partial charge in [-0.1, -0.05) is 30.3 Å². The Bertz CT molecular complexity index is 941. The van der Waals surface area contributed by atoms with E-state index in [-0.39, 0.29) is 11.4 Å². The number of aromatic nitrogens is 2. The molecule has 7 nitrogen and oxygen atoms in total. The highest BCUT2D eigenvalue weighted by Gasteiger charge is 2.53. The van der Waals surface area contributed by atoms with Gasteiger partial charge in [0.2, 0.25) is 0 Å². The van der Waals surface area contributed by atoms with Crippen molar-refractivity contribution in [3.05, 3.63) is 41.7 Å². The van der Waals surface area contributed by atoms with E-state index in [1.807, 2.05) is 30.3 Å². The fourth-order valence-electron chi connectivity index (χ4n) is 5.18. The van der Waals surface area contributed by atoms with E-state index < -0.39 is 11.4 Å². The molecule has 1 aromatic heterocycles. The van der Waals surface area contributed by atoms with Gasteiger partial charge in [-0.2, -0.15) is 0 Å². The molecule has 2 aromatic rings. The van der Waals surface area contributed by atoms with Crippen LogP contribution >= 0.6 is 0 Å². The third-order valence-electron chi connectivity index (χ3n) is 7.10. The van der Waals surface area contributed by atoms with E-state index in [4.69, 9.17) is 9.72 Å². The number of hydrogen-bond donors (Lipinski definition) is 2. The number of hydrogen-bond acceptors (Lipinski definition) is 4. The Morgan fingerprint density at radius 1 is 1.07 bits per heavy atom. The van der Waals surface area contributed by atoms with Gasteiger partial charge in [0.05, 0.1) is 24.3 Å². The fraction of sp³-hybridized carbons (Fsp3) is 0.500. The minimum atomic E-state index is -0.690. The van der Waals surface area contributed by atoms with Crippen LogP contribution in [0.15, 0.2) is 30.3 Å². The van der Waals surface area contributed by atoms with Crippen molar-refractivity contribution in [2.45, 2.75) is 57.2 Å². The minimum Gasteiger partial charge on any atom is -0.481 e. The Balaban J connectivity index is 1.43. The van der Waals surface area contributed by atoms with Crippen LogP contribution in [0.4, 0.5) is 0 Å². The maximum absolute atomic E-state index is 13.3. The van der Waals surface area contributed by atoms with Crippen molar-refractivity contribution in [1.82, 2.24) is 14.9 Å². The Hall–Kier alpha value is -2.67. The molecule has 0 spiro atoms. The van der Waals surface area contributed by atoms with Crippen LogP contribution in [0.25, 0.3) is 11.4 Å². The van der Waals surface area contributed by atoms with Crippen LogP contribution in [0.3, 0.4) is 0 Å². The molecule has 7 heteroatoms. The summed E-state index contributed by atoms with van der Waals surface area (Å²) in [7, 11) is 0. The Morgan fingerprint density at radius 2 is 1.76 bits per heavy atom. The third kappa shape index (κ3) is 2.95. The van der Waals surface area contributed by atoms with Crippen LogP contribution in [-0.4, -0.2) is 38.7 Å². The number of carboxylic acids is 1. The summed E-state index contributed by atoms with van der Waals surface area (Å²) >= 11 is 0. The summed E-state index contributed by atoms with van der Waals surface area (Å²) in [6, 6.07) is 9.89. The first-order valence-electron chi connectivity index (χ1n) is 10.3. The summed E-state index contributed by atoms with van der Waals surface area (Å²) < 4.78 is 7.70. The maximum Gasteiger partial charge on any atom is 0.309 e. The molecule has 1 amide bonds. The summed E-state index contributed by atoms with van der Waals surface area (Å²) in [5.74, 6) is -0.0696. The number of imidazole rings is 1. The molecule has 152 valence electrons. The Labute approximate surface area is 169 Å². The van der Waals surface area contributed by atoms with Crippen molar-refractivity contribution in [3.63, 3.8) is 0 Å². The van der Waals surface area contributed by atoms with Crippen LogP contribution in [0.5, 0.6) is 0 Å². The van der Waals surface area contributed by atoms with Gasteiger partial charge in [0.1, 0.15) is 5.82 Å². The molecule has 1 aliphatic heterocycles. The Morgan fingerprint density at radius 3 is 2.41 bits per heavy atom. The van der Waals surface area contributed by atoms with Crippen LogP contribution < -0.4 is 5.32 Å². The second kappa shape index (κ2) is 6.69. The largest absolute Gasteiger partial charge is 0.481 e. The average Bonchev–Trinajstić information content (AvgIpc) is 3.15. The fourth-order valence-corrected chi connectivity index (χ4v) is 5.18. The highest BCUT2D eigenvalue weighted by Crippen LogP contribution is 2.52. The van der Waals surface area contributed by atoms with E-state index in [9.17, 15) is 14.7 Å². The molecule has 0 unspecified atom stereocenters. The first-order chi connectivity index (χ1) is 14.0. The van der Waals surface area contributed by atoms with Crippen LogP contribution in [0.2, 0.25) is 0 Å². The van der Waals surface area contributed by atoms with E-state index in [0.717, 1.165) is 17.1 Å². The number of nitrogens with zero attached hydrogens (tertiary/aromatic N) is 2. The molecule has 0 atom stereocenters. The molecule has 2 heterocycles. The standard InChI is InChI=1S/C22H25N3O4/c26-19(24-22-9-6-21(7-10-22,8-11-22)20(27)28)17-16-14-29-13-12-25(16)18(23-17)15-4-2-1-3-5-15/h1-5H,6-14H2,(H,24,26)(H,27,28). The first-order valence-corrected chi connectivity index (χ1v) is 10.3. The van der Waals surface area contributed by atoms with Crippen LogP contribution in [-0.2, 0) is 22.7 Å². The molecule has 2 bridgehead atoms. The van der Waals surface area contributed by atoms with Crippen molar-refractivity contribution >= 4 is 11.9 Å². The van der Waals surface area contributed by atoms with Gasteiger partial charge in [0.15, 0.2) is 5.69 Å². The number of carboxylic acid groups (broad SMARTS) is 1. The van der Waals surface area contributed by atoms with Gasteiger partial charge in [-0.15, -0.1) is 0 Å². The van der Waals surface area contributed by atoms with Gasteiger partial charge >= 0.3 is 5.97 Å². The molecule has 29 heavy (non-hydrogen) atoms. The summed E-state index contributed by atoms with van der Waals surface area (Å²) in [5, 5.41) is 12.8. The van der Waals surface area contributed by atoms with Crippen LogP contribution in [0, 0.1) is 5.41 Å². The Kier molecular flexibility index (Phi) is 4.24. The van der Waals surface area contributed by atoms with Gasteiger partial charge in [0.25, 0.3) is 5.91 Å². The normalized spacial score (nSPS) is 28.0. The van der Waals surface area contributed by atoms with E-state index in [2.05, 4.69) is 9.88 Å². The number of carbonyl (C=O) groups is 2. The lowest BCUT2D eigenvalue weighted by Crippen LogP contribution is -2.58.